The first-order valence-electron chi connectivity index (χ1n) is 10.4. The molecule has 1 unspecified atom stereocenters. The fraction of sp³-hybridized carbons (Fsp3) is 0.217. The summed E-state index contributed by atoms with van der Waals surface area (Å²) in [5.74, 6) is 6.80. The second-order valence-electron chi connectivity index (χ2n) is 6.92. The average molecular weight is 481 g/mol. The third-order valence-electron chi connectivity index (χ3n) is 4.23. The molecule has 0 aliphatic carbocycles. The van der Waals surface area contributed by atoms with Gasteiger partial charge in [0.2, 0.25) is 5.95 Å². The molecule has 10 nitrogen and oxygen atoms in total. The largest absolute Gasteiger partial charge is 0.448 e. The van der Waals surface area contributed by atoms with Crippen LogP contribution in [0.25, 0.3) is 0 Å². The predicted molar refractivity (Wildman–Crippen MR) is 129 cm³/mol. The zero-order valence-electron chi connectivity index (χ0n) is 18.6. The van der Waals surface area contributed by atoms with Crippen molar-refractivity contribution in [3.05, 3.63) is 66.1 Å². The zero-order valence-corrected chi connectivity index (χ0v) is 19.5. The van der Waals surface area contributed by atoms with E-state index in [9.17, 15) is 14.1 Å². The van der Waals surface area contributed by atoms with Gasteiger partial charge in [-0.2, -0.15) is 4.98 Å². The number of amides is 1. The van der Waals surface area contributed by atoms with Crippen LogP contribution in [-0.4, -0.2) is 49.6 Å². The Morgan fingerprint density at radius 3 is 2.71 bits per heavy atom. The lowest BCUT2D eigenvalue weighted by Crippen LogP contribution is -2.21. The van der Waals surface area contributed by atoms with Gasteiger partial charge in [0.25, 0.3) is 0 Å². The van der Waals surface area contributed by atoms with Gasteiger partial charge in [-0.15, -0.1) is 4.36 Å². The van der Waals surface area contributed by atoms with Crippen LogP contribution in [0.15, 0.2) is 64.2 Å². The third-order valence-corrected chi connectivity index (χ3v) is 5.32. The molecule has 0 aliphatic rings. The molecule has 0 radical (unpaired) electrons. The number of carbonyl (C=O) groups excluding carboxylic acids is 1. The number of carbonyl (C=O) groups is 1. The van der Waals surface area contributed by atoms with Gasteiger partial charge in [-0.3, -0.25) is 4.98 Å². The lowest BCUT2D eigenvalue weighted by Gasteiger charge is -2.14. The predicted octanol–water partition coefficient (Wildman–Crippen LogP) is 2.99. The van der Waals surface area contributed by atoms with Gasteiger partial charge in [0, 0.05) is 34.6 Å². The van der Waals surface area contributed by atoms with E-state index >= 15 is 0 Å². The molecule has 0 spiro atoms. The highest BCUT2D eigenvalue weighted by Crippen LogP contribution is 2.19. The highest BCUT2D eigenvalue weighted by atomic mass is 32.2. The second-order valence-corrected chi connectivity index (χ2v) is 8.18. The number of hydrogen-bond donors (Lipinski definition) is 4. The Labute approximate surface area is 199 Å². The van der Waals surface area contributed by atoms with Crippen molar-refractivity contribution in [3.8, 4) is 11.8 Å². The second kappa shape index (κ2) is 12.3. The van der Waals surface area contributed by atoms with Crippen LogP contribution in [0.3, 0.4) is 0 Å². The summed E-state index contributed by atoms with van der Waals surface area (Å²) in [6, 6.07) is 9.92. The summed E-state index contributed by atoms with van der Waals surface area (Å²) in [6.45, 7) is 3.54. The molecule has 34 heavy (non-hydrogen) atoms. The molecule has 0 saturated carbocycles. The van der Waals surface area contributed by atoms with E-state index in [0.29, 0.717) is 27.9 Å². The molecule has 0 fully saturated rings. The molecule has 3 N–H and O–H groups in total. The molecule has 176 valence electrons. The number of nitrogens with zero attached hydrogens (tertiary/aromatic N) is 4. The standard InChI is InChI=1S/C23H24N6O4S/c1-3-33-23(31)29-34(32)20-10-8-19(9-11-20)27-22-25-14-18(21(28-22)26-16(2)15-30)7-6-17-5-4-12-24-13-17/h4-5,8-14,16,30,34H,3,15H2,1-2H3,(H2,25,26,27,28)/t16-/m1/s1. The van der Waals surface area contributed by atoms with Crippen LogP contribution in [0.1, 0.15) is 25.0 Å². The molecule has 0 aliphatic heterocycles. The van der Waals surface area contributed by atoms with Gasteiger partial charge in [0.05, 0.1) is 35.6 Å². The fourth-order valence-corrected chi connectivity index (χ4v) is 3.31. The number of nitrogens with one attached hydrogen (secondary N) is 2. The first-order valence-corrected chi connectivity index (χ1v) is 11.6. The van der Waals surface area contributed by atoms with Gasteiger partial charge >= 0.3 is 6.09 Å². The summed E-state index contributed by atoms with van der Waals surface area (Å²) in [7, 11) is -2.26. The van der Waals surface area contributed by atoms with Crippen molar-refractivity contribution in [2.45, 2.75) is 24.8 Å². The lowest BCUT2D eigenvalue weighted by atomic mass is 10.2. The van der Waals surface area contributed by atoms with Gasteiger partial charge in [-0.05, 0) is 50.2 Å². The van der Waals surface area contributed by atoms with Crippen LogP contribution in [-0.2, 0) is 15.3 Å². The molecule has 3 rings (SSSR count). The van der Waals surface area contributed by atoms with Gasteiger partial charge in [0.1, 0.15) is 5.82 Å². The van der Waals surface area contributed by atoms with Crippen LogP contribution >= 0.6 is 0 Å². The van der Waals surface area contributed by atoms with Crippen molar-refractivity contribution in [3.63, 3.8) is 0 Å². The summed E-state index contributed by atoms with van der Waals surface area (Å²) in [6.07, 6.45) is 4.05. The van der Waals surface area contributed by atoms with Crippen molar-refractivity contribution in [2.75, 3.05) is 23.8 Å². The zero-order chi connectivity index (χ0) is 24.3. The van der Waals surface area contributed by atoms with Crippen molar-refractivity contribution < 1.29 is 18.8 Å². The Kier molecular flexibility index (Phi) is 8.90. The molecule has 0 bridgehead atoms. The van der Waals surface area contributed by atoms with Crippen LogP contribution in [0.2, 0.25) is 0 Å². The molecule has 11 heteroatoms. The van der Waals surface area contributed by atoms with Crippen molar-refractivity contribution >= 4 is 34.1 Å². The maximum absolute atomic E-state index is 12.2. The smallest absolute Gasteiger partial charge is 0.441 e. The molecule has 3 aromatic rings. The Morgan fingerprint density at radius 1 is 1.24 bits per heavy atom. The summed E-state index contributed by atoms with van der Waals surface area (Å²) < 4.78 is 20.4. The normalized spacial score (nSPS) is 12.2. The van der Waals surface area contributed by atoms with Crippen LogP contribution in [0.4, 0.5) is 22.2 Å². The highest BCUT2D eigenvalue weighted by molar-refractivity contribution is 7.75. The van der Waals surface area contributed by atoms with E-state index in [1.807, 2.05) is 13.0 Å². The summed E-state index contributed by atoms with van der Waals surface area (Å²) in [4.78, 5) is 24.6. The molecule has 1 aromatic carbocycles. The van der Waals surface area contributed by atoms with Crippen molar-refractivity contribution in [1.82, 2.24) is 15.0 Å². The Balaban J connectivity index is 1.80. The Hall–Kier alpha value is -4.01. The SMILES string of the molecule is CCOC(=O)/N=[SH](=O)/c1ccc(Nc2ncc(C#Cc3cccnc3)c(N[C@H](C)CO)n2)cc1. The first kappa shape index (κ1) is 24.6. The van der Waals surface area contributed by atoms with Crippen LogP contribution in [0.5, 0.6) is 0 Å². The number of aliphatic hydroxyl groups excluding tert-OH is 1. The molecule has 1 amide bonds. The van der Waals surface area contributed by atoms with E-state index in [-0.39, 0.29) is 19.3 Å². The minimum absolute atomic E-state index is 0.0846. The molecule has 0 saturated heterocycles. The van der Waals surface area contributed by atoms with Gasteiger partial charge < -0.3 is 20.5 Å². The number of thiol groups is 1. The minimum atomic E-state index is -2.26. The third kappa shape index (κ3) is 7.26. The van der Waals surface area contributed by atoms with Crippen LogP contribution < -0.4 is 10.6 Å². The highest BCUT2D eigenvalue weighted by Gasteiger charge is 2.09. The number of ether oxygens (including phenoxy) is 1. The van der Waals surface area contributed by atoms with E-state index in [1.165, 1.54) is 0 Å². The number of aliphatic hydroxyl groups is 1. The molecule has 2 heterocycles. The molecular formula is C23H24N6O4S. The molecule has 2 atom stereocenters. The molecule has 2 aromatic heterocycles. The van der Waals surface area contributed by atoms with Gasteiger partial charge in [-0.1, -0.05) is 11.8 Å². The number of pyridine rings is 1. The lowest BCUT2D eigenvalue weighted by molar-refractivity contribution is 0.164. The minimum Gasteiger partial charge on any atom is -0.448 e. The number of rotatable bonds is 7. The van der Waals surface area contributed by atoms with Gasteiger partial charge in [-0.25, -0.2) is 14.0 Å². The van der Waals surface area contributed by atoms with E-state index < -0.39 is 16.7 Å². The molecular weight excluding hydrogens is 456 g/mol. The first-order chi connectivity index (χ1) is 16.5. The summed E-state index contributed by atoms with van der Waals surface area (Å²) >= 11 is 0. The van der Waals surface area contributed by atoms with E-state index in [0.717, 1.165) is 5.56 Å². The Morgan fingerprint density at radius 2 is 2.03 bits per heavy atom. The maximum atomic E-state index is 12.2. The number of anilines is 3. The van der Waals surface area contributed by atoms with Gasteiger partial charge in [0.15, 0.2) is 0 Å². The monoisotopic (exact) mass is 480 g/mol. The van der Waals surface area contributed by atoms with Crippen molar-refractivity contribution in [1.29, 1.82) is 0 Å². The Bertz CT molecular complexity index is 1270. The number of benzene rings is 1. The average Bonchev–Trinajstić information content (AvgIpc) is 2.84. The maximum Gasteiger partial charge on any atom is 0.441 e. The van der Waals surface area contributed by atoms with Crippen LogP contribution in [0, 0.1) is 11.8 Å². The summed E-state index contributed by atoms with van der Waals surface area (Å²) in [5, 5.41) is 15.6. The van der Waals surface area contributed by atoms with E-state index in [1.54, 1.807) is 55.8 Å². The number of aromatic nitrogens is 3. The number of hydrogen-bond acceptors (Lipinski definition) is 9. The van der Waals surface area contributed by atoms with Crippen molar-refractivity contribution in [2.24, 2.45) is 4.36 Å². The quantitative estimate of drug-likeness (QED) is 0.297. The topological polar surface area (TPSA) is 139 Å². The fourth-order valence-electron chi connectivity index (χ4n) is 2.58. The van der Waals surface area contributed by atoms with E-state index in [4.69, 9.17) is 0 Å². The van der Waals surface area contributed by atoms with E-state index in [2.05, 4.69) is 46.5 Å². The summed E-state index contributed by atoms with van der Waals surface area (Å²) in [5.41, 5.74) is 1.94.